The number of H-pyrrole nitrogens is 1. The van der Waals surface area contributed by atoms with Gasteiger partial charge in [-0.2, -0.15) is 0 Å². The molecule has 1 aromatic carbocycles. The minimum atomic E-state index is -0.00470. The first kappa shape index (κ1) is 17.0. The van der Waals surface area contributed by atoms with Crippen molar-refractivity contribution in [3.8, 4) is 5.75 Å². The largest absolute Gasteiger partial charge is 0.497 e. The van der Waals surface area contributed by atoms with Crippen LogP contribution in [0.2, 0.25) is 0 Å². The molecule has 0 spiro atoms. The van der Waals surface area contributed by atoms with Gasteiger partial charge in [0.1, 0.15) is 11.6 Å². The lowest BCUT2D eigenvalue weighted by molar-refractivity contribution is 0.243. The van der Waals surface area contributed by atoms with Crippen molar-refractivity contribution >= 4 is 10.9 Å². The number of ether oxygens (including phenoxy) is 1. The standard InChI is InChI=1S/C21H26N4O/c1-21(2,3)20-23-11-15-13-25(8-7-18(15)24-20)12-14-10-22-19-6-5-16(26-4)9-17(14)19/h5-6,9-11,22H,7-8,12-13H2,1-4H3. The Hall–Kier alpha value is -2.40. The van der Waals surface area contributed by atoms with Gasteiger partial charge in [0.05, 0.1) is 7.11 Å². The Morgan fingerprint density at radius 3 is 2.88 bits per heavy atom. The number of rotatable bonds is 3. The van der Waals surface area contributed by atoms with Gasteiger partial charge in [0.2, 0.25) is 0 Å². The van der Waals surface area contributed by atoms with E-state index in [9.17, 15) is 0 Å². The van der Waals surface area contributed by atoms with Gasteiger partial charge in [0.25, 0.3) is 0 Å². The van der Waals surface area contributed by atoms with Crippen LogP contribution in [0.1, 0.15) is 43.4 Å². The maximum absolute atomic E-state index is 5.38. The maximum Gasteiger partial charge on any atom is 0.133 e. The topological polar surface area (TPSA) is 54.0 Å². The molecular weight excluding hydrogens is 324 g/mol. The Labute approximate surface area is 154 Å². The van der Waals surface area contributed by atoms with E-state index in [-0.39, 0.29) is 5.41 Å². The first-order valence-electron chi connectivity index (χ1n) is 9.15. The Kier molecular flexibility index (Phi) is 4.19. The summed E-state index contributed by atoms with van der Waals surface area (Å²) in [5.41, 5.74) is 4.91. The highest BCUT2D eigenvalue weighted by Crippen LogP contribution is 2.27. The summed E-state index contributed by atoms with van der Waals surface area (Å²) in [6.45, 7) is 9.31. The summed E-state index contributed by atoms with van der Waals surface area (Å²) in [6.07, 6.45) is 5.11. The van der Waals surface area contributed by atoms with E-state index in [1.807, 2.05) is 12.3 Å². The fourth-order valence-electron chi connectivity index (χ4n) is 3.53. The molecule has 5 heteroatoms. The second-order valence-corrected chi connectivity index (χ2v) is 8.10. The van der Waals surface area contributed by atoms with Crippen molar-refractivity contribution in [2.45, 2.75) is 45.7 Å². The van der Waals surface area contributed by atoms with Crippen molar-refractivity contribution in [3.63, 3.8) is 0 Å². The Balaban J connectivity index is 1.55. The molecule has 0 atom stereocenters. The van der Waals surface area contributed by atoms with Crippen LogP contribution in [0.4, 0.5) is 0 Å². The SMILES string of the molecule is COc1ccc2[nH]cc(CN3CCc4nc(C(C)(C)C)ncc4C3)c2c1. The van der Waals surface area contributed by atoms with Gasteiger partial charge in [-0.3, -0.25) is 4.90 Å². The van der Waals surface area contributed by atoms with Crippen LogP contribution < -0.4 is 4.74 Å². The number of nitrogens with zero attached hydrogens (tertiary/aromatic N) is 3. The molecule has 0 amide bonds. The molecule has 0 fully saturated rings. The Morgan fingerprint density at radius 2 is 2.12 bits per heavy atom. The van der Waals surface area contributed by atoms with Crippen molar-refractivity contribution in [1.29, 1.82) is 0 Å². The molecule has 2 aromatic heterocycles. The van der Waals surface area contributed by atoms with Gasteiger partial charge < -0.3 is 9.72 Å². The molecular formula is C21H26N4O. The fraction of sp³-hybridized carbons (Fsp3) is 0.429. The van der Waals surface area contributed by atoms with E-state index in [0.717, 1.165) is 43.1 Å². The third-order valence-electron chi connectivity index (χ3n) is 5.05. The summed E-state index contributed by atoms with van der Waals surface area (Å²) >= 11 is 0. The van der Waals surface area contributed by atoms with Crippen molar-refractivity contribution in [2.24, 2.45) is 0 Å². The zero-order chi connectivity index (χ0) is 18.3. The van der Waals surface area contributed by atoms with Crippen LogP contribution >= 0.6 is 0 Å². The van der Waals surface area contributed by atoms with Gasteiger partial charge >= 0.3 is 0 Å². The van der Waals surface area contributed by atoms with E-state index in [1.54, 1.807) is 7.11 Å². The van der Waals surface area contributed by atoms with E-state index in [0.29, 0.717) is 0 Å². The number of fused-ring (bicyclic) bond motifs is 2. The fourth-order valence-corrected chi connectivity index (χ4v) is 3.53. The predicted molar refractivity (Wildman–Crippen MR) is 103 cm³/mol. The van der Waals surface area contributed by atoms with Crippen LogP contribution in [0.15, 0.2) is 30.6 Å². The first-order valence-corrected chi connectivity index (χ1v) is 9.15. The molecule has 3 heterocycles. The number of hydrogen-bond donors (Lipinski definition) is 1. The predicted octanol–water partition coefficient (Wildman–Crippen LogP) is 3.82. The van der Waals surface area contributed by atoms with Crippen LogP contribution in [-0.2, 0) is 24.9 Å². The highest BCUT2D eigenvalue weighted by atomic mass is 16.5. The summed E-state index contributed by atoms with van der Waals surface area (Å²) in [4.78, 5) is 15.3. The number of nitrogens with one attached hydrogen (secondary N) is 1. The lowest BCUT2D eigenvalue weighted by atomic mass is 9.95. The van der Waals surface area contributed by atoms with Crippen molar-refractivity contribution in [2.75, 3.05) is 13.7 Å². The van der Waals surface area contributed by atoms with Crippen molar-refractivity contribution < 1.29 is 4.74 Å². The van der Waals surface area contributed by atoms with Gasteiger partial charge in [-0.15, -0.1) is 0 Å². The molecule has 4 rings (SSSR count). The average molecular weight is 350 g/mol. The molecule has 0 radical (unpaired) electrons. The van der Waals surface area contributed by atoms with Gasteiger partial charge in [0, 0.05) is 66.0 Å². The Morgan fingerprint density at radius 1 is 1.27 bits per heavy atom. The van der Waals surface area contributed by atoms with Gasteiger partial charge in [-0.05, 0) is 23.8 Å². The third-order valence-corrected chi connectivity index (χ3v) is 5.05. The molecule has 136 valence electrons. The van der Waals surface area contributed by atoms with Crippen LogP contribution in [0.25, 0.3) is 10.9 Å². The third kappa shape index (κ3) is 3.19. The van der Waals surface area contributed by atoms with Crippen LogP contribution in [0.3, 0.4) is 0 Å². The van der Waals surface area contributed by atoms with E-state index in [2.05, 4.69) is 54.0 Å². The molecule has 0 saturated heterocycles. The average Bonchev–Trinajstić information content (AvgIpc) is 3.02. The molecule has 1 aliphatic rings. The number of aromatic nitrogens is 3. The smallest absolute Gasteiger partial charge is 0.133 e. The van der Waals surface area contributed by atoms with E-state index < -0.39 is 0 Å². The first-order chi connectivity index (χ1) is 12.4. The summed E-state index contributed by atoms with van der Waals surface area (Å²) < 4.78 is 5.38. The van der Waals surface area contributed by atoms with Crippen molar-refractivity contribution in [1.82, 2.24) is 19.9 Å². The normalized spacial score (nSPS) is 15.2. The molecule has 0 aliphatic carbocycles. The molecule has 0 unspecified atom stereocenters. The highest BCUT2D eigenvalue weighted by molar-refractivity contribution is 5.84. The molecule has 1 aliphatic heterocycles. The molecule has 1 N–H and O–H groups in total. The quantitative estimate of drug-likeness (QED) is 0.780. The number of aromatic amines is 1. The number of methoxy groups -OCH3 is 1. The molecule has 0 saturated carbocycles. The lowest BCUT2D eigenvalue weighted by Gasteiger charge is -2.29. The van der Waals surface area contributed by atoms with Crippen LogP contribution in [0.5, 0.6) is 5.75 Å². The van der Waals surface area contributed by atoms with Crippen LogP contribution in [0, 0.1) is 0 Å². The zero-order valence-electron chi connectivity index (χ0n) is 16.0. The second-order valence-electron chi connectivity index (χ2n) is 8.10. The molecule has 26 heavy (non-hydrogen) atoms. The number of hydrogen-bond acceptors (Lipinski definition) is 4. The number of benzene rings is 1. The van der Waals surface area contributed by atoms with Gasteiger partial charge in [-0.25, -0.2) is 9.97 Å². The zero-order valence-corrected chi connectivity index (χ0v) is 16.0. The monoisotopic (exact) mass is 350 g/mol. The van der Waals surface area contributed by atoms with E-state index in [4.69, 9.17) is 9.72 Å². The maximum atomic E-state index is 5.38. The summed E-state index contributed by atoms with van der Waals surface area (Å²) in [5, 5.41) is 1.23. The minimum Gasteiger partial charge on any atom is -0.497 e. The van der Waals surface area contributed by atoms with Crippen molar-refractivity contribution in [3.05, 3.63) is 53.2 Å². The van der Waals surface area contributed by atoms with E-state index in [1.165, 1.54) is 22.2 Å². The summed E-state index contributed by atoms with van der Waals surface area (Å²) in [6, 6.07) is 6.17. The van der Waals surface area contributed by atoms with Gasteiger partial charge in [0.15, 0.2) is 0 Å². The molecule has 3 aromatic rings. The summed E-state index contributed by atoms with van der Waals surface area (Å²) in [5.74, 6) is 1.83. The minimum absolute atomic E-state index is 0.00470. The molecule has 0 bridgehead atoms. The molecule has 5 nitrogen and oxygen atoms in total. The van der Waals surface area contributed by atoms with E-state index >= 15 is 0 Å². The van der Waals surface area contributed by atoms with Gasteiger partial charge in [-0.1, -0.05) is 20.8 Å². The highest BCUT2D eigenvalue weighted by Gasteiger charge is 2.23. The van der Waals surface area contributed by atoms with Crippen LogP contribution in [-0.4, -0.2) is 33.5 Å². The summed E-state index contributed by atoms with van der Waals surface area (Å²) in [7, 11) is 1.71. The second kappa shape index (κ2) is 6.40. The Bertz CT molecular complexity index is 939. The lowest BCUT2D eigenvalue weighted by Crippen LogP contribution is -2.31.